The van der Waals surface area contributed by atoms with Crippen molar-refractivity contribution >= 4 is 28.9 Å². The molecule has 1 N–H and O–H groups in total. The number of imidazole rings is 1. The van der Waals surface area contributed by atoms with E-state index in [9.17, 15) is 9.59 Å². The number of rotatable bonds is 7. The van der Waals surface area contributed by atoms with Gasteiger partial charge in [0.05, 0.1) is 11.9 Å². The molecule has 0 spiro atoms. The van der Waals surface area contributed by atoms with Gasteiger partial charge in [0, 0.05) is 13.0 Å². The molecule has 4 atom stereocenters. The first-order chi connectivity index (χ1) is 18.2. The van der Waals surface area contributed by atoms with Crippen LogP contribution in [0.4, 0.5) is 10.2 Å². The molecule has 2 fully saturated rings. The molecule has 1 saturated heterocycles. The van der Waals surface area contributed by atoms with Crippen LogP contribution in [0.15, 0.2) is 43.0 Å². The molecule has 202 valence electrons. The highest BCUT2D eigenvalue weighted by Gasteiger charge is 2.66. The Morgan fingerprint density at radius 2 is 1.87 bits per heavy atom. The van der Waals surface area contributed by atoms with E-state index in [0.29, 0.717) is 22.5 Å². The fourth-order valence-corrected chi connectivity index (χ4v) is 5.34. The van der Waals surface area contributed by atoms with Crippen molar-refractivity contribution in [2.24, 2.45) is 0 Å². The Morgan fingerprint density at radius 1 is 1.13 bits per heavy atom. The highest BCUT2D eigenvalue weighted by atomic mass is 19.1. The zero-order valence-electron chi connectivity index (χ0n) is 21.7. The number of fused-ring (bicyclic) bond motifs is 1. The monoisotopic (exact) mass is 525 g/mol. The molecule has 0 amide bonds. The van der Waals surface area contributed by atoms with Crippen molar-refractivity contribution in [1.29, 1.82) is 0 Å². The normalized spacial score (nSPS) is 27.8. The van der Waals surface area contributed by atoms with Gasteiger partial charge in [0.1, 0.15) is 19.0 Å². The van der Waals surface area contributed by atoms with Crippen molar-refractivity contribution < 1.29 is 28.2 Å². The van der Waals surface area contributed by atoms with Gasteiger partial charge in [-0.2, -0.15) is 0 Å². The second-order valence-corrected chi connectivity index (χ2v) is 10.2. The first-order valence-electron chi connectivity index (χ1n) is 12.9. The predicted octanol–water partition coefficient (Wildman–Crippen LogP) is 4.38. The fourth-order valence-electron chi connectivity index (χ4n) is 5.34. The van der Waals surface area contributed by atoms with Gasteiger partial charge < -0.3 is 19.5 Å². The van der Waals surface area contributed by atoms with Crippen LogP contribution in [0.1, 0.15) is 69.5 Å². The van der Waals surface area contributed by atoms with Crippen LogP contribution in [-0.2, 0) is 19.0 Å². The molecule has 38 heavy (non-hydrogen) atoms. The van der Waals surface area contributed by atoms with E-state index in [2.05, 4.69) is 20.3 Å². The molecule has 0 radical (unpaired) electrons. The molecule has 1 aliphatic heterocycles. The van der Waals surface area contributed by atoms with Crippen LogP contribution in [0.5, 0.6) is 0 Å². The molecule has 2 aromatic heterocycles. The molecule has 11 heteroatoms. The summed E-state index contributed by atoms with van der Waals surface area (Å²) >= 11 is 0. The number of alkyl halides is 1. The molecular weight excluding hydrogens is 493 g/mol. The van der Waals surface area contributed by atoms with Crippen LogP contribution in [-0.4, -0.2) is 61.5 Å². The Bertz CT molecular complexity index is 1310. The third kappa shape index (κ3) is 4.70. The van der Waals surface area contributed by atoms with Crippen molar-refractivity contribution in [2.45, 2.75) is 82.5 Å². The van der Waals surface area contributed by atoms with Crippen molar-refractivity contribution in [3.05, 3.63) is 48.5 Å². The summed E-state index contributed by atoms with van der Waals surface area (Å²) in [6, 6.07) is 8.72. The molecule has 2 aliphatic rings. The maximum Gasteiger partial charge on any atom is 0.338 e. The maximum atomic E-state index is 16.7. The summed E-state index contributed by atoms with van der Waals surface area (Å²) in [6.07, 6.45) is 6.11. The van der Waals surface area contributed by atoms with E-state index in [-0.39, 0.29) is 12.6 Å². The van der Waals surface area contributed by atoms with E-state index in [4.69, 9.17) is 14.2 Å². The summed E-state index contributed by atoms with van der Waals surface area (Å²) in [5.74, 6) is -0.699. The SMILES string of the molecule is CC(=O)O[C@@]1(C)[C@@H](COC(=O)c2ccccc2)O[C@H](n2cnc3c(NC4CCCCC4)ncnc32)[C@]1(C)F. The van der Waals surface area contributed by atoms with E-state index >= 15 is 4.39 Å². The van der Waals surface area contributed by atoms with E-state index in [1.165, 1.54) is 44.4 Å². The number of esters is 2. The number of hydrogen-bond donors (Lipinski definition) is 1. The standard InChI is InChI=1S/C27H32FN5O5/c1-17(34)38-27(3)20(14-36-24(35)18-10-6-4-7-11-18)37-25(26(27,2)28)33-16-31-21-22(29-15-30-23(21)33)32-19-12-8-5-9-13-19/h4,6-7,10-11,15-16,19-20,25H,5,8-9,12-14H2,1-3H3,(H,29,30,32)/t20-,25+,26+,27+/m1/s1. The first kappa shape index (κ1) is 26.0. The van der Waals surface area contributed by atoms with E-state index in [1.807, 2.05) is 0 Å². The minimum atomic E-state index is -2.24. The second-order valence-electron chi connectivity index (χ2n) is 10.2. The molecule has 1 aliphatic carbocycles. The number of halogens is 1. The third-order valence-electron chi connectivity index (χ3n) is 7.63. The van der Waals surface area contributed by atoms with Crippen molar-refractivity contribution in [1.82, 2.24) is 19.5 Å². The van der Waals surface area contributed by atoms with Crippen molar-refractivity contribution in [2.75, 3.05) is 11.9 Å². The lowest BCUT2D eigenvalue weighted by Crippen LogP contribution is -2.55. The molecule has 1 aromatic carbocycles. The summed E-state index contributed by atoms with van der Waals surface area (Å²) in [5, 5.41) is 3.46. The van der Waals surface area contributed by atoms with Crippen LogP contribution >= 0.6 is 0 Å². The molecule has 3 heterocycles. The summed E-state index contributed by atoms with van der Waals surface area (Å²) < 4.78 is 35.3. The topological polar surface area (TPSA) is 117 Å². The van der Waals surface area contributed by atoms with Gasteiger partial charge in [0.25, 0.3) is 0 Å². The Labute approximate surface area is 219 Å². The fraction of sp³-hybridized carbons (Fsp3) is 0.519. The average molecular weight is 526 g/mol. The molecule has 3 aromatic rings. The molecule has 0 unspecified atom stereocenters. The molecule has 0 bridgehead atoms. The average Bonchev–Trinajstić information content (AvgIpc) is 3.40. The van der Waals surface area contributed by atoms with Gasteiger partial charge in [-0.1, -0.05) is 37.5 Å². The highest BCUT2D eigenvalue weighted by molar-refractivity contribution is 5.89. The summed E-state index contributed by atoms with van der Waals surface area (Å²) in [5.41, 5.74) is -2.80. The smallest absolute Gasteiger partial charge is 0.338 e. The number of carbonyl (C=O) groups excluding carboxylic acids is 2. The second kappa shape index (κ2) is 10.3. The van der Waals surface area contributed by atoms with Gasteiger partial charge in [-0.15, -0.1) is 0 Å². The number of nitrogens with one attached hydrogen (secondary N) is 1. The van der Waals surface area contributed by atoms with Gasteiger partial charge >= 0.3 is 11.9 Å². The lowest BCUT2D eigenvalue weighted by Gasteiger charge is -2.36. The quantitative estimate of drug-likeness (QED) is 0.449. The van der Waals surface area contributed by atoms with Crippen molar-refractivity contribution in [3.8, 4) is 0 Å². The predicted molar refractivity (Wildman–Crippen MR) is 136 cm³/mol. The Hall–Kier alpha value is -3.60. The van der Waals surface area contributed by atoms with E-state index in [1.54, 1.807) is 30.3 Å². The Morgan fingerprint density at radius 3 is 2.58 bits per heavy atom. The molecular formula is C27H32FN5O5. The van der Waals surface area contributed by atoms with Gasteiger partial charge in [-0.25, -0.2) is 24.1 Å². The lowest BCUT2D eigenvalue weighted by molar-refractivity contribution is -0.175. The maximum absolute atomic E-state index is 16.7. The molecule has 10 nitrogen and oxygen atoms in total. The third-order valence-corrected chi connectivity index (χ3v) is 7.63. The number of carbonyl (C=O) groups is 2. The van der Waals surface area contributed by atoms with E-state index < -0.39 is 35.5 Å². The Kier molecular flexibility index (Phi) is 7.04. The number of aromatic nitrogens is 4. The lowest BCUT2D eigenvalue weighted by atomic mass is 9.84. The van der Waals surface area contributed by atoms with Gasteiger partial charge in [0.2, 0.25) is 0 Å². The van der Waals surface area contributed by atoms with Gasteiger partial charge in [-0.3, -0.25) is 9.36 Å². The number of hydrogen-bond acceptors (Lipinski definition) is 9. The van der Waals surface area contributed by atoms with Crippen LogP contribution in [0.2, 0.25) is 0 Å². The van der Waals surface area contributed by atoms with Crippen LogP contribution < -0.4 is 5.32 Å². The van der Waals surface area contributed by atoms with E-state index in [0.717, 1.165) is 25.7 Å². The van der Waals surface area contributed by atoms with Crippen molar-refractivity contribution in [3.63, 3.8) is 0 Å². The summed E-state index contributed by atoms with van der Waals surface area (Å²) in [7, 11) is 0. The number of benzene rings is 1. The summed E-state index contributed by atoms with van der Waals surface area (Å²) in [6.45, 7) is 3.61. The number of ether oxygens (including phenoxy) is 3. The van der Waals surface area contributed by atoms with Gasteiger partial charge in [-0.05, 0) is 38.8 Å². The van der Waals surface area contributed by atoms with Gasteiger partial charge in [0.15, 0.2) is 34.5 Å². The van der Waals surface area contributed by atoms with Crippen LogP contribution in [0, 0.1) is 0 Å². The Balaban J connectivity index is 1.43. The minimum absolute atomic E-state index is 0.289. The van der Waals surface area contributed by atoms with Crippen LogP contribution in [0.25, 0.3) is 11.2 Å². The number of anilines is 1. The number of nitrogens with zero attached hydrogens (tertiary/aromatic N) is 4. The molecule has 1 saturated carbocycles. The largest absolute Gasteiger partial charge is 0.459 e. The molecule has 5 rings (SSSR count). The zero-order chi connectivity index (χ0) is 26.9. The minimum Gasteiger partial charge on any atom is -0.459 e. The zero-order valence-corrected chi connectivity index (χ0v) is 21.7. The highest BCUT2D eigenvalue weighted by Crippen LogP contribution is 2.51. The first-order valence-corrected chi connectivity index (χ1v) is 12.9. The summed E-state index contributed by atoms with van der Waals surface area (Å²) in [4.78, 5) is 37.8. The van der Waals surface area contributed by atoms with Crippen LogP contribution in [0.3, 0.4) is 0 Å².